The summed E-state index contributed by atoms with van der Waals surface area (Å²) in [7, 11) is 0. The molecule has 0 fully saturated rings. The fraction of sp³-hybridized carbons (Fsp3) is 0.364. The van der Waals surface area contributed by atoms with Crippen molar-refractivity contribution in [3.05, 3.63) is 35.9 Å². The van der Waals surface area contributed by atoms with Gasteiger partial charge in [0.15, 0.2) is 5.60 Å². The van der Waals surface area contributed by atoms with Crippen molar-refractivity contribution in [2.45, 2.75) is 25.1 Å². The van der Waals surface area contributed by atoms with E-state index >= 15 is 0 Å². The molecule has 0 aliphatic heterocycles. The first-order chi connectivity index (χ1) is 7.27. The van der Waals surface area contributed by atoms with Crippen molar-refractivity contribution < 1.29 is 23.1 Å². The van der Waals surface area contributed by atoms with Crippen LogP contribution >= 0.6 is 0 Å². The third kappa shape index (κ3) is 2.41. The Hall–Kier alpha value is -1.36. The first kappa shape index (κ1) is 12.7. The first-order valence-electron chi connectivity index (χ1n) is 4.61. The molecule has 16 heavy (non-hydrogen) atoms. The van der Waals surface area contributed by atoms with Gasteiger partial charge in [0.1, 0.15) is 5.78 Å². The van der Waals surface area contributed by atoms with E-state index in [9.17, 15) is 23.1 Å². The summed E-state index contributed by atoms with van der Waals surface area (Å²) in [6.45, 7) is 1.01. The lowest BCUT2D eigenvalue weighted by molar-refractivity contribution is -0.267. The molecular formula is C11H11F3O2. The summed E-state index contributed by atoms with van der Waals surface area (Å²) in [5, 5.41) is 9.64. The molecule has 1 aromatic carbocycles. The van der Waals surface area contributed by atoms with Crippen molar-refractivity contribution in [2.24, 2.45) is 0 Å². The maximum Gasteiger partial charge on any atom is 0.421 e. The predicted molar refractivity (Wildman–Crippen MR) is 51.7 cm³/mol. The number of Topliss-reactive ketones (excluding diaryl/α,β-unsaturated/α-hetero) is 1. The Morgan fingerprint density at radius 3 is 2.12 bits per heavy atom. The third-order valence-corrected chi connectivity index (χ3v) is 2.23. The number of carbonyl (C=O) groups is 1. The number of aliphatic hydroxyl groups is 1. The van der Waals surface area contributed by atoms with E-state index in [0.29, 0.717) is 0 Å². The van der Waals surface area contributed by atoms with Gasteiger partial charge in [-0.1, -0.05) is 30.3 Å². The second-order valence-corrected chi connectivity index (χ2v) is 3.60. The molecule has 88 valence electrons. The van der Waals surface area contributed by atoms with Crippen LogP contribution in [0.1, 0.15) is 18.9 Å². The fourth-order valence-corrected chi connectivity index (χ4v) is 1.44. The molecule has 0 bridgehead atoms. The van der Waals surface area contributed by atoms with Gasteiger partial charge in [0.05, 0.1) is 0 Å². The number of halogens is 3. The van der Waals surface area contributed by atoms with Crippen LogP contribution < -0.4 is 0 Å². The van der Waals surface area contributed by atoms with Crippen LogP contribution in [-0.2, 0) is 10.4 Å². The van der Waals surface area contributed by atoms with Gasteiger partial charge in [0, 0.05) is 6.42 Å². The summed E-state index contributed by atoms with van der Waals surface area (Å²) in [5.41, 5.74) is -3.42. The molecule has 0 amide bonds. The van der Waals surface area contributed by atoms with Crippen LogP contribution in [0, 0.1) is 0 Å². The lowest BCUT2D eigenvalue weighted by atomic mass is 9.88. The Balaban J connectivity index is 3.21. The van der Waals surface area contributed by atoms with Gasteiger partial charge in [0.2, 0.25) is 0 Å². The molecule has 0 saturated heterocycles. The van der Waals surface area contributed by atoms with Gasteiger partial charge >= 0.3 is 6.18 Å². The molecule has 5 heteroatoms. The molecule has 0 aliphatic carbocycles. The van der Waals surface area contributed by atoms with E-state index in [4.69, 9.17) is 0 Å². The molecular weight excluding hydrogens is 221 g/mol. The number of carbonyl (C=O) groups excluding carboxylic acids is 1. The van der Waals surface area contributed by atoms with Crippen molar-refractivity contribution >= 4 is 5.78 Å². The highest BCUT2D eigenvalue weighted by molar-refractivity contribution is 5.77. The van der Waals surface area contributed by atoms with Crippen LogP contribution in [0.2, 0.25) is 0 Å². The summed E-state index contributed by atoms with van der Waals surface area (Å²) < 4.78 is 38.2. The van der Waals surface area contributed by atoms with E-state index in [-0.39, 0.29) is 5.56 Å². The van der Waals surface area contributed by atoms with Crippen molar-refractivity contribution in [1.82, 2.24) is 0 Å². The van der Waals surface area contributed by atoms with Crippen LogP contribution in [0.3, 0.4) is 0 Å². The minimum Gasteiger partial charge on any atom is -0.376 e. The van der Waals surface area contributed by atoms with Crippen LogP contribution in [0.4, 0.5) is 13.2 Å². The van der Waals surface area contributed by atoms with Gasteiger partial charge in [-0.15, -0.1) is 0 Å². The van der Waals surface area contributed by atoms with E-state index in [1.54, 1.807) is 0 Å². The number of ketones is 1. The quantitative estimate of drug-likeness (QED) is 0.868. The van der Waals surface area contributed by atoms with Crippen LogP contribution in [-0.4, -0.2) is 17.1 Å². The van der Waals surface area contributed by atoms with Gasteiger partial charge in [-0.2, -0.15) is 13.2 Å². The molecule has 1 unspecified atom stereocenters. The Kier molecular flexibility index (Phi) is 3.38. The zero-order valence-electron chi connectivity index (χ0n) is 8.58. The Labute approximate surface area is 90.7 Å². The number of benzene rings is 1. The average Bonchev–Trinajstić information content (AvgIpc) is 2.16. The molecule has 2 nitrogen and oxygen atoms in total. The molecule has 1 atom stereocenters. The SMILES string of the molecule is CC(=O)CC(O)(c1ccccc1)C(F)(F)F. The van der Waals surface area contributed by atoms with Crippen LogP contribution in [0.25, 0.3) is 0 Å². The van der Waals surface area contributed by atoms with E-state index in [0.717, 1.165) is 19.1 Å². The fourth-order valence-electron chi connectivity index (χ4n) is 1.44. The molecule has 0 aromatic heterocycles. The summed E-state index contributed by atoms with van der Waals surface area (Å²) >= 11 is 0. The van der Waals surface area contributed by atoms with Gasteiger partial charge in [0.25, 0.3) is 0 Å². The predicted octanol–water partition coefficient (Wildman–Crippen LogP) is 2.42. The van der Waals surface area contributed by atoms with Crippen molar-refractivity contribution in [2.75, 3.05) is 0 Å². The van der Waals surface area contributed by atoms with Gasteiger partial charge in [-0.3, -0.25) is 4.79 Å². The third-order valence-electron chi connectivity index (χ3n) is 2.23. The molecule has 0 radical (unpaired) electrons. The highest BCUT2D eigenvalue weighted by Gasteiger charge is 2.55. The van der Waals surface area contributed by atoms with E-state index in [2.05, 4.69) is 0 Å². The summed E-state index contributed by atoms with van der Waals surface area (Å²) in [6.07, 6.45) is -5.85. The van der Waals surface area contributed by atoms with Gasteiger partial charge in [-0.05, 0) is 12.5 Å². The molecule has 0 spiro atoms. The Bertz CT molecular complexity index is 373. The highest BCUT2D eigenvalue weighted by Crippen LogP contribution is 2.41. The highest BCUT2D eigenvalue weighted by atomic mass is 19.4. The zero-order chi connectivity index (χ0) is 12.4. The monoisotopic (exact) mass is 232 g/mol. The second-order valence-electron chi connectivity index (χ2n) is 3.60. The summed E-state index contributed by atoms with van der Waals surface area (Å²) in [5.74, 6) is -0.719. The maximum absolute atomic E-state index is 12.7. The van der Waals surface area contributed by atoms with E-state index in [1.165, 1.54) is 18.2 Å². The average molecular weight is 232 g/mol. The second kappa shape index (κ2) is 4.25. The van der Waals surface area contributed by atoms with E-state index in [1.807, 2.05) is 0 Å². The molecule has 0 aliphatic rings. The topological polar surface area (TPSA) is 37.3 Å². The standard InChI is InChI=1S/C11H11F3O2/c1-8(15)7-10(16,11(12,13)14)9-5-3-2-4-6-9/h2-6,16H,7H2,1H3. The zero-order valence-corrected chi connectivity index (χ0v) is 8.58. The lowest BCUT2D eigenvalue weighted by Crippen LogP contribution is -2.43. The van der Waals surface area contributed by atoms with Crippen LogP contribution in [0.5, 0.6) is 0 Å². The number of alkyl halides is 3. The molecule has 1 rings (SSSR count). The van der Waals surface area contributed by atoms with Crippen molar-refractivity contribution in [1.29, 1.82) is 0 Å². The van der Waals surface area contributed by atoms with Gasteiger partial charge < -0.3 is 5.11 Å². The minimum atomic E-state index is -4.87. The molecule has 0 saturated carbocycles. The first-order valence-corrected chi connectivity index (χ1v) is 4.61. The number of hydrogen-bond acceptors (Lipinski definition) is 2. The largest absolute Gasteiger partial charge is 0.421 e. The number of rotatable bonds is 3. The molecule has 1 aromatic rings. The van der Waals surface area contributed by atoms with Crippen LogP contribution in [0.15, 0.2) is 30.3 Å². The Morgan fingerprint density at radius 2 is 1.75 bits per heavy atom. The van der Waals surface area contributed by atoms with E-state index < -0.39 is 24.0 Å². The Morgan fingerprint density at radius 1 is 1.25 bits per heavy atom. The molecule has 0 heterocycles. The van der Waals surface area contributed by atoms with Crippen molar-refractivity contribution in [3.63, 3.8) is 0 Å². The van der Waals surface area contributed by atoms with Gasteiger partial charge in [-0.25, -0.2) is 0 Å². The smallest absolute Gasteiger partial charge is 0.376 e. The maximum atomic E-state index is 12.7. The number of hydrogen-bond donors (Lipinski definition) is 1. The lowest BCUT2D eigenvalue weighted by Gasteiger charge is -2.30. The normalized spacial score (nSPS) is 15.6. The summed E-state index contributed by atoms with van der Waals surface area (Å²) in [6, 6.07) is 6.60. The summed E-state index contributed by atoms with van der Waals surface area (Å²) in [4.78, 5) is 10.8. The molecule has 1 N–H and O–H groups in total. The minimum absolute atomic E-state index is 0.322. The van der Waals surface area contributed by atoms with Crippen molar-refractivity contribution in [3.8, 4) is 0 Å².